The number of fused-ring (bicyclic) bond motifs is 1. The van der Waals surface area contributed by atoms with Crippen molar-refractivity contribution in [2.45, 2.75) is 59.1 Å². The lowest BCUT2D eigenvalue weighted by atomic mass is 9.99. The summed E-state index contributed by atoms with van der Waals surface area (Å²) in [5.74, 6) is 1.03. The first-order valence-electron chi connectivity index (χ1n) is 9.00. The highest BCUT2D eigenvalue weighted by Crippen LogP contribution is 2.18. The summed E-state index contributed by atoms with van der Waals surface area (Å²) in [6.07, 6.45) is 3.89. The highest BCUT2D eigenvalue weighted by atomic mass is 16.3. The van der Waals surface area contributed by atoms with Gasteiger partial charge in [-0.3, -0.25) is 14.3 Å². The van der Waals surface area contributed by atoms with Crippen molar-refractivity contribution < 1.29 is 5.11 Å². The maximum absolute atomic E-state index is 12.3. The molecule has 3 N–H and O–H groups in total. The summed E-state index contributed by atoms with van der Waals surface area (Å²) in [7, 11) is 1.57. The van der Waals surface area contributed by atoms with Crippen LogP contribution in [-0.4, -0.2) is 36.9 Å². The first-order chi connectivity index (χ1) is 11.9. The number of aliphatic hydroxyl groups excluding tert-OH is 1. The largest absolute Gasteiger partial charge is 0.392 e. The Morgan fingerprint density at radius 2 is 2.04 bits per heavy atom. The molecular weight excluding hydrogens is 322 g/mol. The van der Waals surface area contributed by atoms with E-state index in [0.717, 1.165) is 25.8 Å². The average molecular weight is 351 g/mol. The molecule has 2 rings (SSSR count). The minimum atomic E-state index is -0.642. The smallest absolute Gasteiger partial charge is 0.329 e. The zero-order chi connectivity index (χ0) is 18.6. The normalized spacial score (nSPS) is 14.0. The minimum Gasteiger partial charge on any atom is -0.392 e. The van der Waals surface area contributed by atoms with Crippen LogP contribution in [0.3, 0.4) is 0 Å². The molecule has 0 unspecified atom stereocenters. The van der Waals surface area contributed by atoms with Crippen molar-refractivity contribution in [3.05, 3.63) is 20.8 Å². The molecule has 2 aromatic heterocycles. The third kappa shape index (κ3) is 4.31. The number of hydrogen-bond acceptors (Lipinski definition) is 5. The van der Waals surface area contributed by atoms with Gasteiger partial charge in [-0.25, -0.2) is 4.79 Å². The van der Waals surface area contributed by atoms with Gasteiger partial charge in [0, 0.05) is 13.6 Å². The fraction of sp³-hybridized carbons (Fsp3) is 0.706. The van der Waals surface area contributed by atoms with Gasteiger partial charge >= 0.3 is 5.69 Å². The summed E-state index contributed by atoms with van der Waals surface area (Å²) in [4.78, 5) is 30.8. The van der Waals surface area contributed by atoms with Gasteiger partial charge in [0.15, 0.2) is 11.2 Å². The van der Waals surface area contributed by atoms with Crippen LogP contribution in [0.4, 0.5) is 5.95 Å². The van der Waals surface area contributed by atoms with Crippen molar-refractivity contribution >= 4 is 17.1 Å². The Balaban J connectivity index is 2.41. The zero-order valence-electron chi connectivity index (χ0n) is 15.5. The van der Waals surface area contributed by atoms with Gasteiger partial charge in [-0.15, -0.1) is 0 Å². The Labute approximate surface area is 146 Å². The van der Waals surface area contributed by atoms with Crippen LogP contribution in [0.15, 0.2) is 9.59 Å². The fourth-order valence-electron chi connectivity index (χ4n) is 2.99. The lowest BCUT2D eigenvalue weighted by Crippen LogP contribution is -2.29. The third-order valence-corrected chi connectivity index (χ3v) is 4.55. The van der Waals surface area contributed by atoms with E-state index in [0.29, 0.717) is 23.0 Å². The standard InChI is InChI=1S/C17H29N5O3/c1-5-7-8-12(6-2)9-18-16-19-14-13(22(16)10-11(3)23)15(24)20-17(25)21(14)4/h11-12,23H,5-10H2,1-4H3,(H,18,19)(H,20,24,25)/t11-,12-/m0/s1. The molecule has 0 bridgehead atoms. The first-order valence-corrected chi connectivity index (χ1v) is 9.00. The van der Waals surface area contributed by atoms with E-state index in [9.17, 15) is 14.7 Å². The summed E-state index contributed by atoms with van der Waals surface area (Å²) in [6, 6.07) is 0. The number of imidazole rings is 1. The van der Waals surface area contributed by atoms with Crippen molar-refractivity contribution in [2.75, 3.05) is 11.9 Å². The summed E-state index contributed by atoms with van der Waals surface area (Å²) >= 11 is 0. The number of aromatic amines is 1. The minimum absolute atomic E-state index is 0.228. The molecule has 0 aliphatic carbocycles. The van der Waals surface area contributed by atoms with E-state index in [-0.39, 0.29) is 6.54 Å². The molecule has 8 heteroatoms. The average Bonchev–Trinajstić information content (AvgIpc) is 2.91. The van der Waals surface area contributed by atoms with Gasteiger partial charge in [0.25, 0.3) is 5.56 Å². The Morgan fingerprint density at radius 3 is 2.64 bits per heavy atom. The number of hydrogen-bond donors (Lipinski definition) is 3. The van der Waals surface area contributed by atoms with Gasteiger partial charge in [-0.1, -0.05) is 33.1 Å². The van der Waals surface area contributed by atoms with E-state index in [1.807, 2.05) is 0 Å². The molecule has 2 atom stereocenters. The van der Waals surface area contributed by atoms with Crippen molar-refractivity contribution in [3.8, 4) is 0 Å². The van der Waals surface area contributed by atoms with E-state index >= 15 is 0 Å². The van der Waals surface area contributed by atoms with Crippen LogP contribution in [0.5, 0.6) is 0 Å². The van der Waals surface area contributed by atoms with E-state index in [1.54, 1.807) is 18.5 Å². The summed E-state index contributed by atoms with van der Waals surface area (Å²) < 4.78 is 2.97. The number of nitrogens with zero attached hydrogens (tertiary/aromatic N) is 3. The molecule has 8 nitrogen and oxygen atoms in total. The number of unbranched alkanes of at least 4 members (excludes halogenated alkanes) is 1. The fourth-order valence-corrected chi connectivity index (χ4v) is 2.99. The van der Waals surface area contributed by atoms with Crippen molar-refractivity contribution in [2.24, 2.45) is 13.0 Å². The number of aliphatic hydroxyl groups is 1. The van der Waals surface area contributed by atoms with Gasteiger partial charge in [-0.05, 0) is 19.3 Å². The second-order valence-corrected chi connectivity index (χ2v) is 6.68. The second-order valence-electron chi connectivity index (χ2n) is 6.68. The molecule has 0 radical (unpaired) electrons. The SMILES string of the molecule is CCCC[C@H](CC)CNc1nc2c(c(=O)[nH]c(=O)n2C)n1C[C@H](C)O. The molecule has 0 aromatic carbocycles. The zero-order valence-corrected chi connectivity index (χ0v) is 15.5. The molecule has 0 amide bonds. The van der Waals surface area contributed by atoms with Crippen molar-refractivity contribution in [3.63, 3.8) is 0 Å². The quantitative estimate of drug-likeness (QED) is 0.634. The number of nitrogens with one attached hydrogen (secondary N) is 2. The predicted molar refractivity (Wildman–Crippen MR) is 99.1 cm³/mol. The van der Waals surface area contributed by atoms with E-state index in [2.05, 4.69) is 29.1 Å². The second kappa shape index (κ2) is 8.33. The molecular formula is C17H29N5O3. The molecule has 0 saturated heterocycles. The van der Waals surface area contributed by atoms with Crippen molar-refractivity contribution in [1.29, 1.82) is 0 Å². The topological polar surface area (TPSA) is 105 Å². The first kappa shape index (κ1) is 19.2. The highest BCUT2D eigenvalue weighted by molar-refractivity contribution is 5.74. The van der Waals surface area contributed by atoms with E-state index in [1.165, 1.54) is 11.0 Å². The monoisotopic (exact) mass is 351 g/mol. The Kier molecular flexibility index (Phi) is 6.41. The predicted octanol–water partition coefficient (Wildman–Crippen LogP) is 1.43. The lowest BCUT2D eigenvalue weighted by molar-refractivity contribution is 0.175. The molecule has 0 spiro atoms. The Hall–Kier alpha value is -2.09. The summed E-state index contributed by atoms with van der Waals surface area (Å²) in [5, 5.41) is 13.1. The van der Waals surface area contributed by atoms with Gasteiger partial charge in [0.1, 0.15) is 0 Å². The van der Waals surface area contributed by atoms with Crippen LogP contribution < -0.4 is 16.6 Å². The molecule has 0 aliphatic heterocycles. The van der Waals surface area contributed by atoms with Crippen LogP contribution in [-0.2, 0) is 13.6 Å². The molecule has 140 valence electrons. The molecule has 2 aromatic rings. The van der Waals surface area contributed by atoms with Crippen LogP contribution in [0.2, 0.25) is 0 Å². The molecule has 0 saturated carbocycles. The van der Waals surface area contributed by atoms with Crippen LogP contribution in [0, 0.1) is 5.92 Å². The van der Waals surface area contributed by atoms with Crippen LogP contribution in [0.25, 0.3) is 11.2 Å². The van der Waals surface area contributed by atoms with Crippen LogP contribution in [0.1, 0.15) is 46.5 Å². The molecule has 25 heavy (non-hydrogen) atoms. The lowest BCUT2D eigenvalue weighted by Gasteiger charge is -2.17. The summed E-state index contributed by atoms with van der Waals surface area (Å²) in [5.41, 5.74) is -0.372. The number of aryl methyl sites for hydroxylation is 1. The number of anilines is 1. The van der Waals surface area contributed by atoms with Gasteiger partial charge in [0.2, 0.25) is 5.95 Å². The van der Waals surface area contributed by atoms with Crippen molar-refractivity contribution in [1.82, 2.24) is 19.1 Å². The highest BCUT2D eigenvalue weighted by Gasteiger charge is 2.19. The number of rotatable bonds is 9. The molecule has 2 heterocycles. The molecule has 0 aliphatic rings. The number of aromatic nitrogens is 4. The van der Waals surface area contributed by atoms with Gasteiger partial charge < -0.3 is 15.0 Å². The maximum Gasteiger partial charge on any atom is 0.329 e. The van der Waals surface area contributed by atoms with E-state index in [4.69, 9.17) is 0 Å². The molecule has 0 fully saturated rings. The maximum atomic E-state index is 12.3. The summed E-state index contributed by atoms with van der Waals surface area (Å²) in [6.45, 7) is 6.96. The van der Waals surface area contributed by atoms with Gasteiger partial charge in [0.05, 0.1) is 12.6 Å². The number of H-pyrrole nitrogens is 1. The Morgan fingerprint density at radius 1 is 1.32 bits per heavy atom. The Bertz CT molecular complexity index is 818. The third-order valence-electron chi connectivity index (χ3n) is 4.55. The van der Waals surface area contributed by atoms with Crippen LogP contribution >= 0.6 is 0 Å². The van der Waals surface area contributed by atoms with E-state index < -0.39 is 17.4 Å². The van der Waals surface area contributed by atoms with Gasteiger partial charge in [-0.2, -0.15) is 4.98 Å².